The molecule has 0 radical (unpaired) electrons. The van der Waals surface area contributed by atoms with E-state index in [2.05, 4.69) is 4.98 Å². The summed E-state index contributed by atoms with van der Waals surface area (Å²) in [4.78, 5) is 20.2. The topological polar surface area (TPSA) is 56.5 Å². The highest BCUT2D eigenvalue weighted by molar-refractivity contribution is 5.85. The highest BCUT2D eigenvalue weighted by Crippen LogP contribution is 2.27. The Morgan fingerprint density at radius 2 is 1.87 bits per heavy atom. The minimum absolute atomic E-state index is 0.336. The van der Waals surface area contributed by atoms with Gasteiger partial charge in [0, 0.05) is 24.9 Å². The van der Waals surface area contributed by atoms with Crippen molar-refractivity contribution in [3.63, 3.8) is 0 Å². The number of hydrogen-bond donors (Lipinski definition) is 0. The second kappa shape index (κ2) is 5.21. The van der Waals surface area contributed by atoms with Crippen molar-refractivity contribution in [2.24, 2.45) is 0 Å². The molecule has 0 bridgehead atoms. The van der Waals surface area contributed by atoms with Crippen LogP contribution in [-0.2, 0) is 4.79 Å². The van der Waals surface area contributed by atoms with Gasteiger partial charge in [-0.2, -0.15) is 0 Å². The Morgan fingerprint density at radius 3 is 2.65 bits per heavy atom. The average molecular weight is 303 g/mol. The molecule has 0 saturated carbocycles. The van der Waals surface area contributed by atoms with Gasteiger partial charge in [0.2, 0.25) is 0 Å². The van der Waals surface area contributed by atoms with Crippen molar-refractivity contribution >= 4 is 22.6 Å². The van der Waals surface area contributed by atoms with Gasteiger partial charge in [0.1, 0.15) is 11.4 Å². The molecule has 0 unspecified atom stereocenters. The number of carbonyl (C=O) groups excluding carboxylic acids is 1. The molecule has 0 aliphatic heterocycles. The van der Waals surface area contributed by atoms with Crippen LogP contribution in [0.4, 0.5) is 0 Å². The molecule has 4 rings (SSSR count). The molecule has 0 saturated heterocycles. The summed E-state index contributed by atoms with van der Waals surface area (Å²) in [5.74, 6) is 0.179. The quantitative estimate of drug-likeness (QED) is 0.420. The minimum Gasteiger partial charge on any atom is -0.427 e. The number of hydrogen-bond acceptors (Lipinski definition) is 4. The van der Waals surface area contributed by atoms with Crippen LogP contribution < -0.4 is 4.74 Å². The largest absolute Gasteiger partial charge is 0.427 e. The lowest BCUT2D eigenvalue weighted by Gasteiger charge is -2.08. The van der Waals surface area contributed by atoms with Crippen LogP contribution in [0.2, 0.25) is 0 Å². The summed E-state index contributed by atoms with van der Waals surface area (Å²) in [5, 5.41) is 0. The predicted molar refractivity (Wildman–Crippen MR) is 87.2 cm³/mol. The van der Waals surface area contributed by atoms with E-state index in [0.717, 1.165) is 27.9 Å². The van der Waals surface area contributed by atoms with Gasteiger partial charge in [-0.05, 0) is 36.4 Å². The summed E-state index contributed by atoms with van der Waals surface area (Å²) in [6.45, 7) is 1.38. The zero-order chi connectivity index (χ0) is 15.8. The number of para-hydroxylation sites is 2. The van der Waals surface area contributed by atoms with Crippen molar-refractivity contribution in [2.45, 2.75) is 6.92 Å². The van der Waals surface area contributed by atoms with Gasteiger partial charge >= 0.3 is 5.97 Å². The lowest BCUT2D eigenvalue weighted by molar-refractivity contribution is -0.131. The molecule has 23 heavy (non-hydrogen) atoms. The van der Waals surface area contributed by atoms with Gasteiger partial charge < -0.3 is 4.74 Å². The van der Waals surface area contributed by atoms with Crippen LogP contribution in [0.1, 0.15) is 6.92 Å². The summed E-state index contributed by atoms with van der Waals surface area (Å²) in [6.07, 6.45) is 3.69. The molecule has 112 valence electrons. The monoisotopic (exact) mass is 303 g/mol. The molecule has 2 aromatic heterocycles. The van der Waals surface area contributed by atoms with Crippen molar-refractivity contribution in [3.8, 4) is 17.0 Å². The molecular weight excluding hydrogens is 290 g/mol. The summed E-state index contributed by atoms with van der Waals surface area (Å²) in [7, 11) is 0. The Kier molecular flexibility index (Phi) is 3.05. The molecule has 5 heteroatoms. The van der Waals surface area contributed by atoms with Gasteiger partial charge in [-0.15, -0.1) is 0 Å². The number of imidazole rings is 1. The van der Waals surface area contributed by atoms with Gasteiger partial charge in [-0.3, -0.25) is 9.20 Å². The number of carbonyl (C=O) groups is 1. The summed E-state index contributed by atoms with van der Waals surface area (Å²) in [6, 6.07) is 15.2. The fraction of sp³-hybridized carbons (Fsp3) is 0.0556. The number of fused-ring (bicyclic) bond motifs is 3. The molecule has 0 amide bonds. The minimum atomic E-state index is -0.336. The maximum absolute atomic E-state index is 11.0. The van der Waals surface area contributed by atoms with Gasteiger partial charge in [0.15, 0.2) is 5.65 Å². The Bertz CT molecular complexity index is 1020. The average Bonchev–Trinajstić information content (AvgIpc) is 3.04. The fourth-order valence-electron chi connectivity index (χ4n) is 2.65. The van der Waals surface area contributed by atoms with Crippen LogP contribution in [0.15, 0.2) is 60.9 Å². The van der Waals surface area contributed by atoms with Gasteiger partial charge in [-0.1, -0.05) is 12.1 Å². The molecule has 2 aromatic carbocycles. The van der Waals surface area contributed by atoms with E-state index in [1.165, 1.54) is 6.92 Å². The first-order chi connectivity index (χ1) is 11.2. The van der Waals surface area contributed by atoms with Crippen molar-refractivity contribution in [3.05, 3.63) is 60.9 Å². The van der Waals surface area contributed by atoms with Crippen LogP contribution in [0.3, 0.4) is 0 Å². The molecule has 0 spiro atoms. The van der Waals surface area contributed by atoms with E-state index in [4.69, 9.17) is 9.72 Å². The number of ether oxygens (including phenoxy) is 1. The molecule has 2 heterocycles. The number of rotatable bonds is 2. The fourth-order valence-corrected chi connectivity index (χ4v) is 2.65. The molecule has 0 aliphatic carbocycles. The number of nitrogens with zero attached hydrogens (tertiary/aromatic N) is 3. The number of esters is 1. The van der Waals surface area contributed by atoms with E-state index in [0.29, 0.717) is 5.75 Å². The van der Waals surface area contributed by atoms with E-state index in [9.17, 15) is 4.79 Å². The number of benzene rings is 2. The van der Waals surface area contributed by atoms with Crippen molar-refractivity contribution in [1.29, 1.82) is 0 Å². The molecule has 4 aromatic rings. The Morgan fingerprint density at radius 1 is 1.09 bits per heavy atom. The summed E-state index contributed by atoms with van der Waals surface area (Å²) in [5.41, 5.74) is 4.42. The first-order valence-electron chi connectivity index (χ1n) is 7.23. The van der Waals surface area contributed by atoms with E-state index >= 15 is 0 Å². The third-order valence-electron chi connectivity index (χ3n) is 3.62. The van der Waals surface area contributed by atoms with Gasteiger partial charge in [0.05, 0.1) is 11.0 Å². The first kappa shape index (κ1) is 13.5. The van der Waals surface area contributed by atoms with Crippen LogP contribution in [0.25, 0.3) is 27.9 Å². The normalized spacial score (nSPS) is 11.0. The lowest BCUT2D eigenvalue weighted by atomic mass is 10.1. The smallest absolute Gasteiger partial charge is 0.308 e. The van der Waals surface area contributed by atoms with Crippen LogP contribution in [0, 0.1) is 0 Å². The van der Waals surface area contributed by atoms with Crippen LogP contribution in [-0.4, -0.2) is 20.3 Å². The highest BCUT2D eigenvalue weighted by Gasteiger charge is 2.11. The van der Waals surface area contributed by atoms with Crippen molar-refractivity contribution in [1.82, 2.24) is 14.4 Å². The lowest BCUT2D eigenvalue weighted by Crippen LogP contribution is -2.01. The zero-order valence-corrected chi connectivity index (χ0v) is 12.4. The number of aromatic nitrogens is 3. The molecule has 5 nitrogen and oxygen atoms in total. The summed E-state index contributed by atoms with van der Waals surface area (Å²) >= 11 is 0. The van der Waals surface area contributed by atoms with Gasteiger partial charge in [0.25, 0.3) is 0 Å². The van der Waals surface area contributed by atoms with E-state index in [-0.39, 0.29) is 5.97 Å². The zero-order valence-electron chi connectivity index (χ0n) is 12.4. The second-order valence-electron chi connectivity index (χ2n) is 5.19. The SMILES string of the molecule is CC(=O)Oc1ccc(-c2nc3ccccc3n3ccnc23)cc1. The van der Waals surface area contributed by atoms with Gasteiger partial charge in [-0.25, -0.2) is 9.97 Å². The third-order valence-corrected chi connectivity index (χ3v) is 3.62. The second-order valence-corrected chi connectivity index (χ2v) is 5.19. The Balaban J connectivity index is 1.90. The van der Waals surface area contributed by atoms with Crippen molar-refractivity contribution in [2.75, 3.05) is 0 Å². The first-order valence-corrected chi connectivity index (χ1v) is 7.23. The molecule has 0 fully saturated rings. The Labute approximate surface area is 132 Å². The standard InChI is InChI=1S/C18H13N3O2/c1-12(22)23-14-8-6-13(7-9-14)17-18-19-10-11-21(18)16-5-3-2-4-15(16)20-17/h2-11H,1H3. The summed E-state index contributed by atoms with van der Waals surface area (Å²) < 4.78 is 7.09. The van der Waals surface area contributed by atoms with E-state index < -0.39 is 0 Å². The van der Waals surface area contributed by atoms with Crippen LogP contribution in [0.5, 0.6) is 5.75 Å². The maximum Gasteiger partial charge on any atom is 0.308 e. The molecule has 0 atom stereocenters. The van der Waals surface area contributed by atoms with Crippen LogP contribution >= 0.6 is 0 Å². The third kappa shape index (κ3) is 2.32. The Hall–Kier alpha value is -3.21. The maximum atomic E-state index is 11.0. The van der Waals surface area contributed by atoms with E-state index in [1.807, 2.05) is 47.0 Å². The van der Waals surface area contributed by atoms with E-state index in [1.54, 1.807) is 18.3 Å². The molecule has 0 aliphatic rings. The molecular formula is C18H13N3O2. The predicted octanol–water partition coefficient (Wildman–Crippen LogP) is 3.47. The van der Waals surface area contributed by atoms with Crippen molar-refractivity contribution < 1.29 is 9.53 Å². The molecule has 0 N–H and O–H groups in total. The highest BCUT2D eigenvalue weighted by atomic mass is 16.5.